The van der Waals surface area contributed by atoms with E-state index >= 15 is 0 Å². The molecule has 112 valence electrons. The second kappa shape index (κ2) is 6.91. The van der Waals surface area contributed by atoms with Gasteiger partial charge in [-0.3, -0.25) is 4.79 Å². The Morgan fingerprint density at radius 1 is 1.36 bits per heavy atom. The molecule has 0 unspecified atom stereocenters. The van der Waals surface area contributed by atoms with Crippen molar-refractivity contribution in [1.82, 2.24) is 0 Å². The van der Waals surface area contributed by atoms with Gasteiger partial charge in [-0.15, -0.1) is 0 Å². The van der Waals surface area contributed by atoms with Gasteiger partial charge in [0.2, 0.25) is 5.76 Å². The number of nitriles is 1. The Kier molecular flexibility index (Phi) is 4.96. The molecule has 0 fully saturated rings. The number of anilines is 1. The van der Waals surface area contributed by atoms with Gasteiger partial charge in [-0.2, -0.15) is 5.26 Å². The smallest absolute Gasteiger partial charge is 0.375 e. The molecular weight excluding hydrogens is 352 g/mol. The minimum absolute atomic E-state index is 0.00185. The van der Waals surface area contributed by atoms with Crippen LogP contribution < -0.4 is 5.32 Å². The fourth-order valence-electron chi connectivity index (χ4n) is 1.61. The van der Waals surface area contributed by atoms with E-state index in [0.717, 1.165) is 0 Å². The van der Waals surface area contributed by atoms with Crippen molar-refractivity contribution in [3.63, 3.8) is 0 Å². The lowest BCUT2D eigenvalue weighted by Crippen LogP contribution is -2.29. The van der Waals surface area contributed by atoms with Crippen LogP contribution in [0.2, 0.25) is 0 Å². The highest BCUT2D eigenvalue weighted by atomic mass is 79.9. The van der Waals surface area contributed by atoms with E-state index in [1.54, 1.807) is 24.3 Å². The molecule has 2 aromatic rings. The Balaban J connectivity index is 1.97. The van der Waals surface area contributed by atoms with Crippen LogP contribution in [0.1, 0.15) is 23.0 Å². The molecule has 0 aliphatic carbocycles. The zero-order valence-electron chi connectivity index (χ0n) is 11.5. The van der Waals surface area contributed by atoms with E-state index in [9.17, 15) is 9.59 Å². The zero-order valence-corrected chi connectivity index (χ0v) is 13.1. The normalized spacial score (nSPS) is 11.3. The Morgan fingerprint density at radius 3 is 2.77 bits per heavy atom. The molecule has 0 aliphatic heterocycles. The number of halogens is 1. The minimum atomic E-state index is -1.01. The van der Waals surface area contributed by atoms with Gasteiger partial charge < -0.3 is 14.5 Å². The summed E-state index contributed by atoms with van der Waals surface area (Å²) in [5.41, 5.74) is 0.871. The maximum absolute atomic E-state index is 12.0. The van der Waals surface area contributed by atoms with Crippen LogP contribution in [0.15, 0.2) is 45.5 Å². The number of rotatable bonds is 4. The third kappa shape index (κ3) is 3.96. The number of hydrogen-bond acceptors (Lipinski definition) is 5. The lowest BCUT2D eigenvalue weighted by Gasteiger charge is -2.12. The molecule has 0 bridgehead atoms. The molecule has 6 nitrogen and oxygen atoms in total. The third-order valence-corrected chi connectivity index (χ3v) is 3.11. The molecule has 0 saturated carbocycles. The van der Waals surface area contributed by atoms with Crippen LogP contribution in [-0.4, -0.2) is 18.0 Å². The van der Waals surface area contributed by atoms with Crippen LogP contribution >= 0.6 is 15.9 Å². The Labute approximate surface area is 134 Å². The summed E-state index contributed by atoms with van der Waals surface area (Å²) in [6.07, 6.45) is -1.01. The van der Waals surface area contributed by atoms with Crippen molar-refractivity contribution in [1.29, 1.82) is 5.26 Å². The van der Waals surface area contributed by atoms with Crippen LogP contribution in [0.3, 0.4) is 0 Å². The summed E-state index contributed by atoms with van der Waals surface area (Å²) in [6.45, 7) is 1.44. The molecular formula is C15H11BrN2O4. The number of carbonyl (C=O) groups excluding carboxylic acids is 2. The third-order valence-electron chi connectivity index (χ3n) is 2.69. The first-order chi connectivity index (χ1) is 10.5. The molecule has 1 aromatic carbocycles. The predicted molar refractivity (Wildman–Crippen MR) is 81.1 cm³/mol. The average molecular weight is 363 g/mol. The van der Waals surface area contributed by atoms with Gasteiger partial charge >= 0.3 is 5.97 Å². The number of hydrogen-bond donors (Lipinski definition) is 1. The molecule has 0 radical (unpaired) electrons. The summed E-state index contributed by atoms with van der Waals surface area (Å²) in [5.74, 6) is -1.24. The number of carbonyl (C=O) groups is 2. The van der Waals surface area contributed by atoms with Gasteiger partial charge in [0.25, 0.3) is 5.91 Å². The van der Waals surface area contributed by atoms with Gasteiger partial charge in [0.1, 0.15) is 0 Å². The molecule has 1 atom stereocenters. The van der Waals surface area contributed by atoms with E-state index in [4.69, 9.17) is 14.4 Å². The first kappa shape index (κ1) is 15.8. The van der Waals surface area contributed by atoms with Crippen LogP contribution in [-0.2, 0) is 9.53 Å². The number of nitrogens with zero attached hydrogens (tertiary/aromatic N) is 1. The molecule has 1 N–H and O–H groups in total. The molecule has 1 heterocycles. The van der Waals surface area contributed by atoms with E-state index in [1.807, 2.05) is 6.07 Å². The van der Waals surface area contributed by atoms with Gasteiger partial charge in [-0.05, 0) is 53.2 Å². The van der Waals surface area contributed by atoms with Crippen molar-refractivity contribution in [3.8, 4) is 6.07 Å². The molecule has 0 aliphatic rings. The monoisotopic (exact) mass is 362 g/mol. The van der Waals surface area contributed by atoms with Gasteiger partial charge in [-0.25, -0.2) is 4.79 Å². The second-order valence-electron chi connectivity index (χ2n) is 4.33. The minimum Gasteiger partial charge on any atom is -0.447 e. The maximum atomic E-state index is 12.0. The lowest BCUT2D eigenvalue weighted by atomic mass is 10.2. The van der Waals surface area contributed by atoms with Crippen molar-refractivity contribution in [2.75, 3.05) is 5.32 Å². The topological polar surface area (TPSA) is 92.3 Å². The summed E-state index contributed by atoms with van der Waals surface area (Å²) in [5, 5.41) is 11.4. The van der Waals surface area contributed by atoms with Crippen molar-refractivity contribution in [2.45, 2.75) is 13.0 Å². The molecule has 22 heavy (non-hydrogen) atoms. The lowest BCUT2D eigenvalue weighted by molar-refractivity contribution is -0.123. The van der Waals surface area contributed by atoms with Crippen LogP contribution in [0.25, 0.3) is 0 Å². The number of amides is 1. The number of furan rings is 1. The first-order valence-electron chi connectivity index (χ1n) is 6.27. The highest BCUT2D eigenvalue weighted by Gasteiger charge is 2.21. The van der Waals surface area contributed by atoms with Gasteiger partial charge in [0, 0.05) is 5.69 Å². The van der Waals surface area contributed by atoms with Crippen molar-refractivity contribution < 1.29 is 18.7 Å². The van der Waals surface area contributed by atoms with Gasteiger partial charge in [-0.1, -0.05) is 6.07 Å². The van der Waals surface area contributed by atoms with E-state index in [2.05, 4.69) is 21.2 Å². The Bertz CT molecular complexity index is 748. The fraction of sp³-hybridized carbons (Fsp3) is 0.133. The predicted octanol–water partition coefficient (Wildman–Crippen LogP) is 3.10. The number of nitrogens with one attached hydrogen (secondary N) is 1. The number of ether oxygens (including phenoxy) is 1. The molecule has 7 heteroatoms. The largest absolute Gasteiger partial charge is 0.447 e. The van der Waals surface area contributed by atoms with Crippen molar-refractivity contribution >= 4 is 33.5 Å². The van der Waals surface area contributed by atoms with E-state index in [-0.39, 0.29) is 5.76 Å². The van der Waals surface area contributed by atoms with Crippen molar-refractivity contribution in [3.05, 3.63) is 52.4 Å². The zero-order chi connectivity index (χ0) is 16.1. The van der Waals surface area contributed by atoms with E-state index in [1.165, 1.54) is 19.1 Å². The van der Waals surface area contributed by atoms with Crippen LogP contribution in [0, 0.1) is 11.3 Å². The SMILES string of the molecule is C[C@H](OC(=O)c1ccc(Br)o1)C(=O)Nc1cccc(C#N)c1. The molecule has 0 spiro atoms. The molecule has 2 rings (SSSR count). The van der Waals surface area contributed by atoms with Gasteiger partial charge in [0.05, 0.1) is 11.6 Å². The summed E-state index contributed by atoms with van der Waals surface area (Å²) in [6, 6.07) is 11.4. The highest BCUT2D eigenvalue weighted by Crippen LogP contribution is 2.16. The Morgan fingerprint density at radius 2 is 2.14 bits per heavy atom. The summed E-state index contributed by atoms with van der Waals surface area (Å²) < 4.78 is 10.5. The quantitative estimate of drug-likeness (QED) is 0.843. The van der Waals surface area contributed by atoms with Crippen LogP contribution in [0.5, 0.6) is 0 Å². The average Bonchev–Trinajstić information content (AvgIpc) is 2.94. The molecule has 1 aromatic heterocycles. The summed E-state index contributed by atoms with van der Waals surface area (Å²) in [4.78, 5) is 23.7. The molecule has 0 saturated heterocycles. The number of esters is 1. The summed E-state index contributed by atoms with van der Waals surface area (Å²) >= 11 is 3.07. The Hall–Kier alpha value is -2.59. The standard InChI is InChI=1S/C15H11BrN2O4/c1-9(21-15(20)12-5-6-13(16)22-12)14(19)18-11-4-2-3-10(7-11)8-17/h2-7,9H,1H3,(H,18,19)/t9-/m0/s1. The fourth-order valence-corrected chi connectivity index (χ4v) is 1.91. The van der Waals surface area contributed by atoms with Gasteiger partial charge in [0.15, 0.2) is 10.8 Å². The maximum Gasteiger partial charge on any atom is 0.375 e. The highest BCUT2D eigenvalue weighted by molar-refractivity contribution is 9.10. The summed E-state index contributed by atoms with van der Waals surface area (Å²) in [7, 11) is 0. The second-order valence-corrected chi connectivity index (χ2v) is 5.11. The van der Waals surface area contributed by atoms with Crippen LogP contribution in [0.4, 0.5) is 5.69 Å². The van der Waals surface area contributed by atoms with E-state index < -0.39 is 18.0 Å². The van der Waals surface area contributed by atoms with E-state index in [0.29, 0.717) is 15.9 Å². The first-order valence-corrected chi connectivity index (χ1v) is 7.06. The number of benzene rings is 1. The molecule has 1 amide bonds. The van der Waals surface area contributed by atoms with Crippen molar-refractivity contribution in [2.24, 2.45) is 0 Å².